The summed E-state index contributed by atoms with van der Waals surface area (Å²) in [5, 5.41) is 14.0. The van der Waals surface area contributed by atoms with Crippen molar-refractivity contribution in [1.29, 1.82) is 0 Å². The van der Waals surface area contributed by atoms with Gasteiger partial charge in [-0.05, 0) is 30.4 Å². The summed E-state index contributed by atoms with van der Waals surface area (Å²) in [7, 11) is 1.32. The average molecular weight is 472 g/mol. The van der Waals surface area contributed by atoms with Crippen molar-refractivity contribution in [3.05, 3.63) is 64.2 Å². The summed E-state index contributed by atoms with van der Waals surface area (Å²) in [6.45, 7) is 6.43. The van der Waals surface area contributed by atoms with E-state index in [1.807, 2.05) is 51.1 Å². The number of nitrogens with zero attached hydrogens (tertiary/aromatic N) is 2. The van der Waals surface area contributed by atoms with Crippen molar-refractivity contribution in [3.63, 3.8) is 0 Å². The lowest BCUT2D eigenvalue weighted by Gasteiger charge is -2.30. The fraction of sp³-hybridized carbons (Fsp3) is 0.440. The van der Waals surface area contributed by atoms with Crippen molar-refractivity contribution in [2.24, 2.45) is 5.92 Å². The minimum atomic E-state index is -0.634. The number of amides is 2. The van der Waals surface area contributed by atoms with E-state index in [4.69, 9.17) is 9.47 Å². The Morgan fingerprint density at radius 1 is 1.15 bits per heavy atom. The van der Waals surface area contributed by atoms with Gasteiger partial charge in [0.1, 0.15) is 11.8 Å². The highest BCUT2D eigenvalue weighted by atomic mass is 16.6. The zero-order valence-electron chi connectivity index (χ0n) is 20.2. The Labute approximate surface area is 200 Å². The molecule has 9 heteroatoms. The molecule has 1 N–H and O–H groups in total. The quantitative estimate of drug-likeness (QED) is 0.353. The molecule has 0 aliphatic heterocycles. The smallest absolute Gasteiger partial charge is 0.311 e. The first-order valence-corrected chi connectivity index (χ1v) is 11.3. The minimum absolute atomic E-state index is 0.0374. The lowest BCUT2D eigenvalue weighted by molar-refractivity contribution is -0.385. The molecule has 0 spiro atoms. The van der Waals surface area contributed by atoms with E-state index >= 15 is 0 Å². The van der Waals surface area contributed by atoms with E-state index in [-0.39, 0.29) is 41.5 Å². The summed E-state index contributed by atoms with van der Waals surface area (Å²) in [6.07, 6.45) is 1.04. The van der Waals surface area contributed by atoms with E-state index in [0.29, 0.717) is 25.9 Å². The number of carbonyl (C=O) groups excluding carboxylic acids is 2. The highest BCUT2D eigenvalue weighted by molar-refractivity contribution is 5.88. The third-order valence-electron chi connectivity index (χ3n) is 5.26. The van der Waals surface area contributed by atoms with Gasteiger partial charge < -0.3 is 19.7 Å². The second-order valence-corrected chi connectivity index (χ2v) is 8.27. The van der Waals surface area contributed by atoms with Crippen molar-refractivity contribution in [3.8, 4) is 11.5 Å². The Morgan fingerprint density at radius 3 is 2.44 bits per heavy atom. The number of nitrogens with one attached hydrogen (secondary N) is 1. The van der Waals surface area contributed by atoms with Crippen LogP contribution in [0.25, 0.3) is 0 Å². The number of methoxy groups -OCH3 is 1. The van der Waals surface area contributed by atoms with Crippen molar-refractivity contribution >= 4 is 17.5 Å². The summed E-state index contributed by atoms with van der Waals surface area (Å²) in [4.78, 5) is 38.1. The van der Waals surface area contributed by atoms with Gasteiger partial charge in [-0.3, -0.25) is 19.7 Å². The van der Waals surface area contributed by atoms with Crippen molar-refractivity contribution in [1.82, 2.24) is 10.2 Å². The first kappa shape index (κ1) is 26.6. The standard InChI is InChI=1S/C25H33N3O6/c1-5-21(25(30)26-16-18(2)3)27(14-13-19-9-7-6-8-10-19)24(29)17-34-20-11-12-22(28(31)32)23(15-20)33-4/h6-12,15,18,21H,5,13-14,16-17H2,1-4H3,(H,26,30)/t21-/m0/s1. The Hall–Kier alpha value is -3.62. The lowest BCUT2D eigenvalue weighted by Crippen LogP contribution is -2.51. The van der Waals surface area contributed by atoms with Gasteiger partial charge in [0.25, 0.3) is 5.91 Å². The lowest BCUT2D eigenvalue weighted by atomic mass is 10.1. The highest BCUT2D eigenvalue weighted by Crippen LogP contribution is 2.30. The molecule has 0 aliphatic rings. The SMILES string of the molecule is CC[C@@H](C(=O)NCC(C)C)N(CCc1ccccc1)C(=O)COc1ccc([N+](=O)[O-])c(OC)c1. The van der Waals surface area contributed by atoms with Gasteiger partial charge in [0, 0.05) is 25.2 Å². The monoisotopic (exact) mass is 471 g/mol. The van der Waals surface area contributed by atoms with Crippen molar-refractivity contribution < 1.29 is 24.0 Å². The van der Waals surface area contributed by atoms with Gasteiger partial charge in [-0.1, -0.05) is 51.1 Å². The molecule has 1 atom stereocenters. The molecule has 34 heavy (non-hydrogen) atoms. The van der Waals surface area contributed by atoms with Crippen LogP contribution >= 0.6 is 0 Å². The Kier molecular flexibility index (Phi) is 10.3. The maximum Gasteiger partial charge on any atom is 0.311 e. The van der Waals surface area contributed by atoms with E-state index in [9.17, 15) is 19.7 Å². The second kappa shape index (κ2) is 13.2. The van der Waals surface area contributed by atoms with Crippen LogP contribution in [-0.2, 0) is 16.0 Å². The molecule has 0 saturated carbocycles. The fourth-order valence-corrected chi connectivity index (χ4v) is 3.44. The van der Waals surface area contributed by atoms with E-state index in [1.54, 1.807) is 4.90 Å². The van der Waals surface area contributed by atoms with Crippen LogP contribution in [0.1, 0.15) is 32.8 Å². The molecule has 184 valence electrons. The molecule has 2 aromatic carbocycles. The molecule has 2 rings (SSSR count). The van der Waals surface area contributed by atoms with Crippen LogP contribution in [0.5, 0.6) is 11.5 Å². The van der Waals surface area contributed by atoms with E-state index in [1.165, 1.54) is 25.3 Å². The largest absolute Gasteiger partial charge is 0.490 e. The number of hydrogen-bond donors (Lipinski definition) is 1. The fourth-order valence-electron chi connectivity index (χ4n) is 3.44. The van der Waals surface area contributed by atoms with E-state index in [2.05, 4.69) is 5.32 Å². The number of nitro benzene ring substituents is 1. The second-order valence-electron chi connectivity index (χ2n) is 8.27. The Balaban J connectivity index is 2.16. The van der Waals surface area contributed by atoms with Gasteiger partial charge in [0.2, 0.25) is 11.7 Å². The third kappa shape index (κ3) is 7.75. The Bertz CT molecular complexity index is 964. The summed E-state index contributed by atoms with van der Waals surface area (Å²) in [5.41, 5.74) is 0.859. The van der Waals surface area contributed by atoms with Gasteiger partial charge in [-0.15, -0.1) is 0 Å². The number of rotatable bonds is 13. The summed E-state index contributed by atoms with van der Waals surface area (Å²) in [5.74, 6) is 0.0382. The van der Waals surface area contributed by atoms with E-state index in [0.717, 1.165) is 5.56 Å². The van der Waals surface area contributed by atoms with Crippen molar-refractivity contribution in [2.45, 2.75) is 39.7 Å². The topological polar surface area (TPSA) is 111 Å². The van der Waals surface area contributed by atoms with Crippen LogP contribution in [0.15, 0.2) is 48.5 Å². The van der Waals surface area contributed by atoms with Crippen LogP contribution in [0.2, 0.25) is 0 Å². The van der Waals surface area contributed by atoms with Crippen LogP contribution in [0, 0.1) is 16.0 Å². The van der Waals surface area contributed by atoms with Crippen LogP contribution in [-0.4, -0.2) is 54.5 Å². The van der Waals surface area contributed by atoms with Gasteiger partial charge in [0.15, 0.2) is 6.61 Å². The summed E-state index contributed by atoms with van der Waals surface area (Å²) >= 11 is 0. The van der Waals surface area contributed by atoms with Gasteiger partial charge in [0.05, 0.1) is 12.0 Å². The van der Waals surface area contributed by atoms with Crippen LogP contribution < -0.4 is 14.8 Å². The van der Waals surface area contributed by atoms with Crippen LogP contribution in [0.4, 0.5) is 5.69 Å². The minimum Gasteiger partial charge on any atom is -0.490 e. The summed E-state index contributed by atoms with van der Waals surface area (Å²) in [6, 6.07) is 13.1. The summed E-state index contributed by atoms with van der Waals surface area (Å²) < 4.78 is 10.7. The molecule has 2 aromatic rings. The molecule has 2 amide bonds. The Morgan fingerprint density at radius 2 is 1.85 bits per heavy atom. The zero-order chi connectivity index (χ0) is 25.1. The van der Waals surface area contributed by atoms with Crippen molar-refractivity contribution in [2.75, 3.05) is 26.8 Å². The maximum absolute atomic E-state index is 13.2. The number of ether oxygens (including phenoxy) is 2. The van der Waals surface area contributed by atoms with Gasteiger partial charge >= 0.3 is 5.69 Å². The molecule has 0 saturated heterocycles. The highest BCUT2D eigenvalue weighted by Gasteiger charge is 2.28. The maximum atomic E-state index is 13.2. The average Bonchev–Trinajstić information content (AvgIpc) is 2.83. The predicted octanol–water partition coefficient (Wildman–Crippen LogP) is 3.60. The first-order chi connectivity index (χ1) is 16.3. The van der Waals surface area contributed by atoms with Crippen LogP contribution in [0.3, 0.4) is 0 Å². The molecule has 0 unspecified atom stereocenters. The molecule has 0 bridgehead atoms. The van der Waals surface area contributed by atoms with E-state index < -0.39 is 11.0 Å². The molecule has 0 aromatic heterocycles. The molecule has 0 radical (unpaired) electrons. The first-order valence-electron chi connectivity index (χ1n) is 11.3. The molecule has 9 nitrogen and oxygen atoms in total. The molecular formula is C25H33N3O6. The molecule has 0 aliphatic carbocycles. The molecule has 0 heterocycles. The number of nitro groups is 1. The number of benzene rings is 2. The normalized spacial score (nSPS) is 11.6. The zero-order valence-corrected chi connectivity index (χ0v) is 20.2. The van der Waals surface area contributed by atoms with Gasteiger partial charge in [-0.25, -0.2) is 0 Å². The molecule has 0 fully saturated rings. The third-order valence-corrected chi connectivity index (χ3v) is 5.26. The van der Waals surface area contributed by atoms with Gasteiger partial charge in [-0.2, -0.15) is 0 Å². The predicted molar refractivity (Wildman–Crippen MR) is 129 cm³/mol. The number of carbonyl (C=O) groups is 2. The number of hydrogen-bond acceptors (Lipinski definition) is 6. The molecular weight excluding hydrogens is 438 g/mol.